The molecule has 0 saturated carbocycles. The minimum Gasteiger partial charge on any atom is -0.376 e. The maximum Gasteiger partial charge on any atom is 0.253 e. The second kappa shape index (κ2) is 10.8. The van der Waals surface area contributed by atoms with E-state index in [1.54, 1.807) is 6.21 Å². The molecule has 0 aliphatic carbocycles. The van der Waals surface area contributed by atoms with Gasteiger partial charge in [-0.15, -0.1) is 0 Å². The molecule has 1 unspecified atom stereocenters. The molecule has 3 heterocycles. The molecule has 2 N–H and O–H groups in total. The summed E-state index contributed by atoms with van der Waals surface area (Å²) >= 11 is 0. The number of nitrogens with two attached hydrogens (primary N) is 1. The molecule has 3 saturated heterocycles. The first-order valence-electron chi connectivity index (χ1n) is 13.2. The number of hydrogen-bond donors (Lipinski definition) is 1. The summed E-state index contributed by atoms with van der Waals surface area (Å²) in [5.74, 6) is 5.87. The first-order chi connectivity index (χ1) is 17.6. The monoisotopic (exact) mass is 487 g/mol. The van der Waals surface area contributed by atoms with Crippen molar-refractivity contribution in [3.8, 4) is 0 Å². The van der Waals surface area contributed by atoms with Gasteiger partial charge in [-0.2, -0.15) is 5.10 Å². The predicted octanol–water partition coefficient (Wildman–Crippen LogP) is 4.04. The van der Waals surface area contributed by atoms with E-state index in [0.717, 1.165) is 75.2 Å². The summed E-state index contributed by atoms with van der Waals surface area (Å²) in [4.78, 5) is 21.8. The van der Waals surface area contributed by atoms with Gasteiger partial charge in [0.25, 0.3) is 5.91 Å². The van der Waals surface area contributed by atoms with E-state index in [2.05, 4.69) is 40.1 Å². The molecular weight excluding hydrogens is 450 g/mol. The lowest BCUT2D eigenvalue weighted by molar-refractivity contribution is 0.0226. The van der Waals surface area contributed by atoms with Crippen LogP contribution in [0.4, 0.5) is 5.69 Å². The topological polar surface area (TPSA) is 83.5 Å². The number of ether oxygens (including phenoxy) is 1. The van der Waals surface area contributed by atoms with Crippen LogP contribution >= 0.6 is 0 Å². The summed E-state index contributed by atoms with van der Waals surface area (Å²) in [6.45, 7) is 7.34. The molecular formula is C29H37N5O2. The number of likely N-dealkylation sites (tertiary alicyclic amines) is 1. The molecule has 0 radical (unpaired) electrons. The van der Waals surface area contributed by atoms with E-state index in [-0.39, 0.29) is 12.0 Å². The summed E-state index contributed by atoms with van der Waals surface area (Å²) in [6.07, 6.45) is 7.53. The van der Waals surface area contributed by atoms with Gasteiger partial charge in [0, 0.05) is 61.2 Å². The van der Waals surface area contributed by atoms with E-state index >= 15 is 0 Å². The average Bonchev–Trinajstić information content (AvgIpc) is 2.91. The van der Waals surface area contributed by atoms with Crippen molar-refractivity contribution < 1.29 is 9.53 Å². The Morgan fingerprint density at radius 2 is 1.92 bits per heavy atom. The molecule has 1 spiro atoms. The Morgan fingerprint density at radius 1 is 1.14 bits per heavy atom. The standard InChI is InChI=1S/C29H37N5O2/c1-22-17-24(10-11-26(22)27(32-30)19-31-18-25-9-5-6-16-36-25)34-20-29(21-34)12-14-33(15-13-29)28(35)23-7-3-2-4-8-23/h2-4,7-8,10-11,17,19,25H,5-6,9,12-16,18,20-21,30H2,1H3/b31-19?,32-27+. The molecule has 36 heavy (non-hydrogen) atoms. The molecule has 3 aliphatic heterocycles. The number of aryl methyl sites for hydroxylation is 1. The molecule has 3 fully saturated rings. The maximum atomic E-state index is 12.8. The van der Waals surface area contributed by atoms with Crippen LogP contribution in [0.15, 0.2) is 58.6 Å². The Labute approximate surface area is 214 Å². The average molecular weight is 488 g/mol. The summed E-state index contributed by atoms with van der Waals surface area (Å²) in [7, 11) is 0. The molecule has 190 valence electrons. The lowest BCUT2D eigenvalue weighted by Gasteiger charge is -2.55. The fraction of sp³-hybridized carbons (Fsp3) is 0.483. The van der Waals surface area contributed by atoms with Gasteiger partial charge in [0.1, 0.15) is 5.71 Å². The number of piperidine rings is 1. The highest BCUT2D eigenvalue weighted by Crippen LogP contribution is 2.43. The Morgan fingerprint density at radius 3 is 2.58 bits per heavy atom. The van der Waals surface area contributed by atoms with E-state index in [9.17, 15) is 4.79 Å². The van der Waals surface area contributed by atoms with Crippen molar-refractivity contribution >= 4 is 23.5 Å². The normalized spacial score (nSPS) is 22.1. The highest BCUT2D eigenvalue weighted by molar-refractivity contribution is 6.38. The number of hydrogen-bond acceptors (Lipinski definition) is 6. The zero-order valence-corrected chi connectivity index (χ0v) is 21.2. The highest BCUT2D eigenvalue weighted by Gasteiger charge is 2.45. The van der Waals surface area contributed by atoms with Crippen molar-refractivity contribution in [3.63, 3.8) is 0 Å². The highest BCUT2D eigenvalue weighted by atomic mass is 16.5. The van der Waals surface area contributed by atoms with E-state index in [0.29, 0.717) is 17.7 Å². The minimum atomic E-state index is 0.153. The van der Waals surface area contributed by atoms with E-state index in [4.69, 9.17) is 10.6 Å². The quantitative estimate of drug-likeness (QED) is 0.379. The third kappa shape index (κ3) is 5.31. The molecule has 1 amide bonds. The predicted molar refractivity (Wildman–Crippen MR) is 145 cm³/mol. The van der Waals surface area contributed by atoms with Gasteiger partial charge in [-0.25, -0.2) is 0 Å². The van der Waals surface area contributed by atoms with Gasteiger partial charge in [-0.3, -0.25) is 9.79 Å². The number of rotatable bonds is 6. The molecule has 3 aliphatic rings. The van der Waals surface area contributed by atoms with Gasteiger partial charge in [0.2, 0.25) is 0 Å². The van der Waals surface area contributed by atoms with Crippen LogP contribution in [0.1, 0.15) is 53.6 Å². The van der Waals surface area contributed by atoms with Crippen LogP contribution in [0.5, 0.6) is 0 Å². The van der Waals surface area contributed by atoms with Gasteiger partial charge in [-0.05, 0) is 68.9 Å². The number of amides is 1. The number of benzene rings is 2. The zero-order chi connectivity index (χ0) is 25.0. The Hall–Kier alpha value is -3.19. The SMILES string of the molecule is Cc1cc(N2CC3(CCN(C(=O)c4ccccc4)CC3)C2)ccc1/C(C=NCC1CCCCO1)=N/N. The second-order valence-corrected chi connectivity index (χ2v) is 10.5. The van der Waals surface area contributed by atoms with Crippen molar-refractivity contribution in [1.29, 1.82) is 0 Å². The van der Waals surface area contributed by atoms with Crippen molar-refractivity contribution in [2.24, 2.45) is 21.4 Å². The van der Waals surface area contributed by atoms with Crippen LogP contribution in [-0.2, 0) is 4.74 Å². The molecule has 2 aromatic rings. The van der Waals surface area contributed by atoms with Gasteiger partial charge >= 0.3 is 0 Å². The number of hydrazone groups is 1. The zero-order valence-electron chi connectivity index (χ0n) is 21.2. The fourth-order valence-electron chi connectivity index (χ4n) is 5.72. The minimum absolute atomic E-state index is 0.153. The molecule has 7 nitrogen and oxygen atoms in total. The second-order valence-electron chi connectivity index (χ2n) is 10.5. The largest absolute Gasteiger partial charge is 0.376 e. The van der Waals surface area contributed by atoms with Gasteiger partial charge < -0.3 is 20.4 Å². The lowest BCUT2D eigenvalue weighted by Crippen LogP contribution is -2.61. The smallest absolute Gasteiger partial charge is 0.253 e. The van der Waals surface area contributed by atoms with Crippen molar-refractivity contribution in [1.82, 2.24) is 4.90 Å². The van der Waals surface area contributed by atoms with Crippen LogP contribution in [-0.4, -0.2) is 68.2 Å². The third-order valence-corrected chi connectivity index (χ3v) is 7.97. The number of carbonyl (C=O) groups is 1. The van der Waals surface area contributed by atoms with Crippen LogP contribution in [0.2, 0.25) is 0 Å². The maximum absolute atomic E-state index is 12.8. The van der Waals surface area contributed by atoms with Crippen LogP contribution < -0.4 is 10.7 Å². The van der Waals surface area contributed by atoms with Crippen molar-refractivity contribution in [3.05, 3.63) is 65.2 Å². The molecule has 1 atom stereocenters. The number of nitrogens with zero attached hydrogens (tertiary/aromatic N) is 4. The first kappa shape index (κ1) is 24.5. The lowest BCUT2D eigenvalue weighted by atomic mass is 9.71. The van der Waals surface area contributed by atoms with Gasteiger partial charge in [0.15, 0.2) is 0 Å². The Bertz CT molecular complexity index is 1110. The Balaban J connectivity index is 1.15. The summed E-state index contributed by atoms with van der Waals surface area (Å²) in [6, 6.07) is 16.1. The van der Waals surface area contributed by atoms with Crippen molar-refractivity contribution in [2.75, 3.05) is 44.2 Å². The van der Waals surface area contributed by atoms with E-state index < -0.39 is 0 Å². The molecule has 5 rings (SSSR count). The first-order valence-corrected chi connectivity index (χ1v) is 13.2. The summed E-state index contributed by atoms with van der Waals surface area (Å²) in [5, 5.41) is 4.00. The third-order valence-electron chi connectivity index (χ3n) is 7.97. The number of carbonyl (C=O) groups excluding carboxylic acids is 1. The van der Waals surface area contributed by atoms with E-state index in [1.165, 1.54) is 12.1 Å². The van der Waals surface area contributed by atoms with Crippen LogP contribution in [0.3, 0.4) is 0 Å². The summed E-state index contributed by atoms with van der Waals surface area (Å²) < 4.78 is 5.76. The molecule has 0 bridgehead atoms. The van der Waals surface area contributed by atoms with Crippen LogP contribution in [0.25, 0.3) is 0 Å². The van der Waals surface area contributed by atoms with Crippen LogP contribution in [0, 0.1) is 12.3 Å². The summed E-state index contributed by atoms with van der Waals surface area (Å²) in [5.41, 5.74) is 5.18. The molecule has 7 heteroatoms. The number of aliphatic imine (C=N–C) groups is 1. The Kier molecular flexibility index (Phi) is 7.37. The molecule has 2 aromatic carbocycles. The van der Waals surface area contributed by atoms with E-state index in [1.807, 2.05) is 35.2 Å². The van der Waals surface area contributed by atoms with Gasteiger partial charge in [-0.1, -0.05) is 24.3 Å². The number of anilines is 1. The molecule has 0 aromatic heterocycles. The van der Waals surface area contributed by atoms with Crippen molar-refractivity contribution in [2.45, 2.75) is 45.1 Å². The van der Waals surface area contributed by atoms with Gasteiger partial charge in [0.05, 0.1) is 12.6 Å². The fourth-order valence-corrected chi connectivity index (χ4v) is 5.72.